The van der Waals surface area contributed by atoms with Crippen molar-refractivity contribution in [2.75, 3.05) is 25.1 Å². The summed E-state index contributed by atoms with van der Waals surface area (Å²) in [5.74, 6) is 1.07. The molecule has 1 aromatic carbocycles. The Morgan fingerprint density at radius 3 is 2.34 bits per heavy atom. The molecule has 0 atom stereocenters. The summed E-state index contributed by atoms with van der Waals surface area (Å²) in [5.41, 5.74) is -0.177. The van der Waals surface area contributed by atoms with E-state index < -0.39 is 11.7 Å². The minimum Gasteiger partial charge on any atom is -0.497 e. The van der Waals surface area contributed by atoms with Crippen molar-refractivity contribution in [3.8, 4) is 5.75 Å². The van der Waals surface area contributed by atoms with Crippen LogP contribution in [-0.2, 0) is 11.0 Å². The molecule has 0 saturated carbocycles. The van der Waals surface area contributed by atoms with E-state index in [0.717, 1.165) is 12.3 Å². The number of aromatic nitrogens is 1. The molecule has 1 fully saturated rings. The number of hydrogen-bond donors (Lipinski definition) is 1. The molecule has 1 amide bonds. The van der Waals surface area contributed by atoms with Gasteiger partial charge < -0.3 is 15.0 Å². The van der Waals surface area contributed by atoms with E-state index in [1.165, 1.54) is 6.07 Å². The van der Waals surface area contributed by atoms with Gasteiger partial charge in [0.2, 0.25) is 5.91 Å². The average Bonchev–Trinajstić information content (AvgIpc) is 2.79. The summed E-state index contributed by atoms with van der Waals surface area (Å²) in [6.07, 6.45) is -1.18. The molecule has 1 saturated heterocycles. The molecule has 0 bridgehead atoms. The molecule has 1 aromatic heterocycles. The maximum absolute atomic E-state index is 12.7. The Hall–Kier alpha value is -3.10. The molecule has 1 aliphatic heterocycles. The number of carbonyl (C=O) groups is 2. The van der Waals surface area contributed by atoms with Gasteiger partial charge in [-0.15, -0.1) is 0 Å². The summed E-state index contributed by atoms with van der Waals surface area (Å²) in [6, 6.07) is 9.29. The molecule has 0 aliphatic carbocycles. The van der Waals surface area contributed by atoms with Crippen LogP contribution in [0.15, 0.2) is 42.6 Å². The smallest absolute Gasteiger partial charge is 0.417 e. The molecule has 0 spiro atoms. The molecule has 1 aliphatic rings. The lowest BCUT2D eigenvalue weighted by Gasteiger charge is -2.33. The van der Waals surface area contributed by atoms with Gasteiger partial charge >= 0.3 is 6.18 Å². The Kier molecular flexibility index (Phi) is 7.71. The second-order valence-corrected chi connectivity index (χ2v) is 7.74. The fourth-order valence-corrected chi connectivity index (χ4v) is 3.62. The van der Waals surface area contributed by atoms with Gasteiger partial charge in [0.15, 0.2) is 5.78 Å². The average molecular weight is 449 g/mol. The van der Waals surface area contributed by atoms with Crippen LogP contribution in [0.2, 0.25) is 0 Å². The Bertz CT molecular complexity index is 907. The van der Waals surface area contributed by atoms with E-state index in [1.807, 2.05) is 4.90 Å². The van der Waals surface area contributed by atoms with Crippen LogP contribution in [0, 0.1) is 0 Å². The van der Waals surface area contributed by atoms with Crippen molar-refractivity contribution in [1.29, 1.82) is 0 Å². The number of hydrogen-bond acceptors (Lipinski definition) is 5. The fourth-order valence-electron chi connectivity index (χ4n) is 3.62. The second kappa shape index (κ2) is 10.5. The van der Waals surface area contributed by atoms with E-state index in [2.05, 4.69) is 10.3 Å². The number of carbonyl (C=O) groups excluding carboxylic acids is 2. The third-order valence-corrected chi connectivity index (χ3v) is 5.48. The predicted octanol–water partition coefficient (Wildman–Crippen LogP) is 4.25. The summed E-state index contributed by atoms with van der Waals surface area (Å²) < 4.78 is 43.1. The Morgan fingerprint density at radius 1 is 1.09 bits per heavy atom. The number of pyridine rings is 1. The van der Waals surface area contributed by atoms with Crippen LogP contribution in [0.3, 0.4) is 0 Å². The Balaban J connectivity index is 1.37. The third kappa shape index (κ3) is 6.45. The first kappa shape index (κ1) is 23.6. The molecule has 2 aromatic rings. The van der Waals surface area contributed by atoms with Gasteiger partial charge in [-0.05, 0) is 55.7 Å². The number of Topliss-reactive ketones (excluding diaryl/α,β-unsaturated/α-hetero) is 1. The molecule has 0 unspecified atom stereocenters. The standard InChI is InChI=1S/C23H26F3N3O3/c1-32-19-8-5-16(6-9-19)20(30)3-2-4-22(31)28-18-11-13-29(14-12-18)21-10-7-17(15-27-21)23(24,25)26/h5-10,15,18H,2-4,11-14H2,1H3,(H,28,31). The predicted molar refractivity (Wildman–Crippen MR) is 114 cm³/mol. The van der Waals surface area contributed by atoms with Crippen molar-refractivity contribution < 1.29 is 27.5 Å². The van der Waals surface area contributed by atoms with Crippen LogP contribution in [0.25, 0.3) is 0 Å². The number of ether oxygens (including phenoxy) is 1. The zero-order valence-corrected chi connectivity index (χ0v) is 17.8. The van der Waals surface area contributed by atoms with Gasteiger partial charge in [-0.3, -0.25) is 9.59 Å². The molecule has 0 radical (unpaired) electrons. The second-order valence-electron chi connectivity index (χ2n) is 7.74. The van der Waals surface area contributed by atoms with E-state index in [0.29, 0.717) is 49.5 Å². The number of nitrogens with zero attached hydrogens (tertiary/aromatic N) is 2. The molecule has 172 valence electrons. The van der Waals surface area contributed by atoms with Gasteiger partial charge in [-0.2, -0.15) is 13.2 Å². The van der Waals surface area contributed by atoms with E-state index in [-0.39, 0.29) is 30.6 Å². The quantitative estimate of drug-likeness (QED) is 0.611. The van der Waals surface area contributed by atoms with Crippen LogP contribution in [0.1, 0.15) is 48.0 Å². The van der Waals surface area contributed by atoms with Crippen molar-refractivity contribution >= 4 is 17.5 Å². The number of piperidine rings is 1. The number of amides is 1. The first-order valence-electron chi connectivity index (χ1n) is 10.5. The summed E-state index contributed by atoms with van der Waals surface area (Å²) in [4.78, 5) is 30.3. The van der Waals surface area contributed by atoms with Crippen LogP contribution >= 0.6 is 0 Å². The normalized spacial score (nSPS) is 14.8. The van der Waals surface area contributed by atoms with Crippen molar-refractivity contribution in [1.82, 2.24) is 10.3 Å². The van der Waals surface area contributed by atoms with Crippen molar-refractivity contribution in [3.05, 3.63) is 53.7 Å². The maximum Gasteiger partial charge on any atom is 0.417 e. The molecule has 3 rings (SSSR count). The summed E-state index contributed by atoms with van der Waals surface area (Å²) in [5, 5.41) is 2.99. The van der Waals surface area contributed by atoms with Gasteiger partial charge in [0, 0.05) is 43.7 Å². The molecular weight excluding hydrogens is 423 g/mol. The van der Waals surface area contributed by atoms with Crippen molar-refractivity contribution in [2.45, 2.75) is 44.3 Å². The molecule has 9 heteroatoms. The van der Waals surface area contributed by atoms with Crippen LogP contribution < -0.4 is 15.0 Å². The van der Waals surface area contributed by atoms with Gasteiger partial charge in [0.25, 0.3) is 0 Å². The third-order valence-electron chi connectivity index (χ3n) is 5.48. The topological polar surface area (TPSA) is 71.5 Å². The SMILES string of the molecule is COc1ccc(C(=O)CCCC(=O)NC2CCN(c3ccc(C(F)(F)F)cn3)CC2)cc1. The molecule has 2 heterocycles. The first-order valence-corrected chi connectivity index (χ1v) is 10.5. The van der Waals surface area contributed by atoms with Crippen LogP contribution in [-0.4, -0.2) is 42.9 Å². The lowest BCUT2D eigenvalue weighted by atomic mass is 10.0. The van der Waals surface area contributed by atoms with E-state index >= 15 is 0 Å². The highest BCUT2D eigenvalue weighted by molar-refractivity contribution is 5.96. The van der Waals surface area contributed by atoms with Crippen LogP contribution in [0.5, 0.6) is 5.75 Å². The Labute approximate surface area is 184 Å². The highest BCUT2D eigenvalue weighted by atomic mass is 19.4. The van der Waals surface area contributed by atoms with Crippen LogP contribution in [0.4, 0.5) is 19.0 Å². The van der Waals surface area contributed by atoms with Crippen molar-refractivity contribution in [2.24, 2.45) is 0 Å². The number of ketones is 1. The zero-order valence-electron chi connectivity index (χ0n) is 17.8. The number of alkyl halides is 3. The minimum atomic E-state index is -4.40. The lowest BCUT2D eigenvalue weighted by molar-refractivity contribution is -0.137. The van der Waals surface area contributed by atoms with Crippen molar-refractivity contribution in [3.63, 3.8) is 0 Å². The highest BCUT2D eigenvalue weighted by Crippen LogP contribution is 2.29. The lowest BCUT2D eigenvalue weighted by Crippen LogP contribution is -2.44. The molecular formula is C23H26F3N3O3. The molecule has 6 nitrogen and oxygen atoms in total. The monoisotopic (exact) mass is 449 g/mol. The summed E-state index contributed by atoms with van der Waals surface area (Å²) in [7, 11) is 1.56. The zero-order chi connectivity index (χ0) is 23.1. The van der Waals surface area contributed by atoms with E-state index in [1.54, 1.807) is 31.4 Å². The number of nitrogens with one attached hydrogen (secondary N) is 1. The van der Waals surface area contributed by atoms with E-state index in [9.17, 15) is 22.8 Å². The number of benzene rings is 1. The number of anilines is 1. The number of methoxy groups -OCH3 is 1. The minimum absolute atomic E-state index is 0.00508. The first-order chi connectivity index (χ1) is 15.3. The number of halogens is 3. The summed E-state index contributed by atoms with van der Waals surface area (Å²) >= 11 is 0. The molecule has 32 heavy (non-hydrogen) atoms. The van der Waals surface area contributed by atoms with Gasteiger partial charge in [-0.25, -0.2) is 4.98 Å². The molecule has 1 N–H and O–H groups in total. The summed E-state index contributed by atoms with van der Waals surface area (Å²) in [6.45, 7) is 1.19. The van der Waals surface area contributed by atoms with Gasteiger partial charge in [0.1, 0.15) is 11.6 Å². The van der Waals surface area contributed by atoms with E-state index in [4.69, 9.17) is 4.74 Å². The highest BCUT2D eigenvalue weighted by Gasteiger charge is 2.31. The maximum atomic E-state index is 12.7. The Morgan fingerprint density at radius 2 is 1.78 bits per heavy atom. The van der Waals surface area contributed by atoms with Gasteiger partial charge in [-0.1, -0.05) is 0 Å². The number of rotatable bonds is 8. The fraction of sp³-hybridized carbons (Fsp3) is 0.435. The largest absolute Gasteiger partial charge is 0.497 e. The van der Waals surface area contributed by atoms with Gasteiger partial charge in [0.05, 0.1) is 12.7 Å².